The van der Waals surface area contributed by atoms with Gasteiger partial charge in [0.2, 0.25) is 5.95 Å². The lowest BCUT2D eigenvalue weighted by Crippen LogP contribution is -2.04. The van der Waals surface area contributed by atoms with Crippen LogP contribution in [0.1, 0.15) is 0 Å². The monoisotopic (exact) mass is 566 g/mol. The molecule has 0 radical (unpaired) electrons. The molecule has 0 atom stereocenters. The van der Waals surface area contributed by atoms with E-state index in [1.54, 1.807) is 0 Å². The maximum absolute atomic E-state index is 5.45. The first-order valence-electron chi connectivity index (χ1n) is 14.4. The SMILES string of the molecule is c1ccc(-c2nc(-n3c4ccccc4c4ccc5c6ccccc6[nH]c5c43)nc3ccc4sc5ccccc5c4c23)cc1. The van der Waals surface area contributed by atoms with Crippen LogP contribution in [0.2, 0.25) is 0 Å². The predicted molar refractivity (Wildman–Crippen MR) is 182 cm³/mol. The third-order valence-electron chi connectivity index (χ3n) is 8.75. The Morgan fingerprint density at radius 1 is 0.535 bits per heavy atom. The fourth-order valence-corrected chi connectivity index (χ4v) is 8.02. The second-order valence-electron chi connectivity index (χ2n) is 11.1. The van der Waals surface area contributed by atoms with Crippen molar-refractivity contribution in [3.63, 3.8) is 0 Å². The number of hydrogen-bond acceptors (Lipinski definition) is 3. The zero-order chi connectivity index (χ0) is 28.1. The molecule has 5 heteroatoms. The zero-order valence-corrected chi connectivity index (χ0v) is 23.7. The summed E-state index contributed by atoms with van der Waals surface area (Å²) in [7, 11) is 0. The van der Waals surface area contributed by atoms with Crippen LogP contribution >= 0.6 is 11.3 Å². The van der Waals surface area contributed by atoms with Gasteiger partial charge < -0.3 is 4.98 Å². The Kier molecular flexibility index (Phi) is 4.57. The Balaban J connectivity index is 1.40. The van der Waals surface area contributed by atoms with Crippen LogP contribution in [0.25, 0.3) is 91.9 Å². The van der Waals surface area contributed by atoms with Gasteiger partial charge in [-0.3, -0.25) is 4.57 Å². The van der Waals surface area contributed by atoms with Gasteiger partial charge in [0.1, 0.15) is 0 Å². The number of aromatic amines is 1. The fourth-order valence-electron chi connectivity index (χ4n) is 6.91. The molecular weight excluding hydrogens is 545 g/mol. The number of thiophene rings is 1. The minimum Gasteiger partial charge on any atom is -0.353 e. The van der Waals surface area contributed by atoms with Crippen molar-refractivity contribution in [3.8, 4) is 17.2 Å². The molecule has 0 fully saturated rings. The first-order chi connectivity index (χ1) is 21.3. The van der Waals surface area contributed by atoms with Crippen LogP contribution in [0, 0.1) is 0 Å². The third kappa shape index (κ3) is 3.14. The topological polar surface area (TPSA) is 46.5 Å². The summed E-state index contributed by atoms with van der Waals surface area (Å²) >= 11 is 1.82. The molecular formula is C38H22N4S. The molecule has 4 nitrogen and oxygen atoms in total. The largest absolute Gasteiger partial charge is 0.353 e. The van der Waals surface area contributed by atoms with Crippen LogP contribution in [-0.4, -0.2) is 19.5 Å². The molecule has 200 valence electrons. The second-order valence-corrected chi connectivity index (χ2v) is 12.2. The Labute approximate surface area is 249 Å². The van der Waals surface area contributed by atoms with Gasteiger partial charge in [-0.1, -0.05) is 97.1 Å². The van der Waals surface area contributed by atoms with E-state index in [2.05, 4.69) is 137 Å². The van der Waals surface area contributed by atoms with Gasteiger partial charge in [0, 0.05) is 58.2 Å². The zero-order valence-electron chi connectivity index (χ0n) is 22.9. The lowest BCUT2D eigenvalue weighted by atomic mass is 10.0. The lowest BCUT2D eigenvalue weighted by molar-refractivity contribution is 1.02. The predicted octanol–water partition coefficient (Wildman–Crippen LogP) is 10.4. The van der Waals surface area contributed by atoms with Gasteiger partial charge in [-0.2, -0.15) is 0 Å². The molecule has 0 saturated heterocycles. The van der Waals surface area contributed by atoms with E-state index in [1.807, 2.05) is 11.3 Å². The molecule has 6 aromatic carbocycles. The first-order valence-corrected chi connectivity index (χ1v) is 15.3. The van der Waals surface area contributed by atoms with E-state index in [0.29, 0.717) is 5.95 Å². The summed E-state index contributed by atoms with van der Waals surface area (Å²) in [5.74, 6) is 0.669. The van der Waals surface area contributed by atoms with Crippen LogP contribution < -0.4 is 0 Å². The van der Waals surface area contributed by atoms with Crippen molar-refractivity contribution in [2.24, 2.45) is 0 Å². The minimum atomic E-state index is 0.669. The molecule has 10 rings (SSSR count). The van der Waals surface area contributed by atoms with E-state index in [0.717, 1.165) is 44.2 Å². The highest BCUT2D eigenvalue weighted by Crippen LogP contribution is 2.43. The molecule has 4 heterocycles. The van der Waals surface area contributed by atoms with E-state index in [1.165, 1.54) is 41.7 Å². The number of nitrogens with zero attached hydrogens (tertiary/aromatic N) is 3. The number of benzene rings is 6. The van der Waals surface area contributed by atoms with E-state index in [9.17, 15) is 0 Å². The van der Waals surface area contributed by atoms with Crippen LogP contribution in [0.15, 0.2) is 127 Å². The summed E-state index contributed by atoms with van der Waals surface area (Å²) in [6.45, 7) is 0. The van der Waals surface area contributed by atoms with Crippen molar-refractivity contribution in [2.75, 3.05) is 0 Å². The van der Waals surface area contributed by atoms with Crippen LogP contribution in [0.3, 0.4) is 0 Å². The molecule has 0 aliphatic heterocycles. The van der Waals surface area contributed by atoms with Crippen molar-refractivity contribution >= 4 is 86.0 Å². The van der Waals surface area contributed by atoms with Gasteiger partial charge in [0.15, 0.2) is 0 Å². The van der Waals surface area contributed by atoms with Crippen LogP contribution in [-0.2, 0) is 0 Å². The minimum absolute atomic E-state index is 0.669. The van der Waals surface area contributed by atoms with Crippen molar-refractivity contribution in [1.29, 1.82) is 0 Å². The molecule has 0 aliphatic carbocycles. The molecule has 0 bridgehead atoms. The van der Waals surface area contributed by atoms with Gasteiger partial charge in [-0.05, 0) is 30.3 Å². The Bertz CT molecular complexity index is 2730. The molecule has 4 aromatic heterocycles. The van der Waals surface area contributed by atoms with Crippen molar-refractivity contribution in [1.82, 2.24) is 19.5 Å². The van der Waals surface area contributed by atoms with E-state index >= 15 is 0 Å². The quantitative estimate of drug-likeness (QED) is 0.226. The van der Waals surface area contributed by atoms with E-state index < -0.39 is 0 Å². The number of H-pyrrole nitrogens is 1. The number of para-hydroxylation sites is 2. The molecule has 10 aromatic rings. The fraction of sp³-hybridized carbons (Fsp3) is 0. The maximum atomic E-state index is 5.45. The van der Waals surface area contributed by atoms with Crippen molar-refractivity contribution in [2.45, 2.75) is 0 Å². The molecule has 0 saturated carbocycles. The number of hydrogen-bond donors (Lipinski definition) is 1. The number of nitrogens with one attached hydrogen (secondary N) is 1. The highest BCUT2D eigenvalue weighted by molar-refractivity contribution is 7.26. The van der Waals surface area contributed by atoms with Crippen LogP contribution in [0.4, 0.5) is 0 Å². The Morgan fingerprint density at radius 2 is 1.28 bits per heavy atom. The molecule has 0 spiro atoms. The van der Waals surface area contributed by atoms with E-state index in [-0.39, 0.29) is 0 Å². The Morgan fingerprint density at radius 3 is 2.19 bits per heavy atom. The number of fused-ring (bicyclic) bond motifs is 12. The first kappa shape index (κ1) is 23.1. The molecule has 43 heavy (non-hydrogen) atoms. The number of rotatable bonds is 2. The normalized spacial score (nSPS) is 12.2. The average Bonchev–Trinajstić information content (AvgIpc) is 3.74. The third-order valence-corrected chi connectivity index (χ3v) is 9.89. The van der Waals surface area contributed by atoms with Gasteiger partial charge >= 0.3 is 0 Å². The summed E-state index contributed by atoms with van der Waals surface area (Å²) < 4.78 is 4.78. The summed E-state index contributed by atoms with van der Waals surface area (Å²) in [5, 5.41) is 8.35. The van der Waals surface area contributed by atoms with Crippen LogP contribution in [0.5, 0.6) is 0 Å². The standard InChI is InChI=1S/C38H22N4S/c1-2-10-22(11-3-1)35-34-29(20-21-32-33(34)27-14-6-9-17-31(27)43-32)40-38(41-35)42-30-16-8-5-13-24(30)26-19-18-25-23-12-4-7-15-28(23)39-36(25)37(26)42/h1-21,39H. The van der Waals surface area contributed by atoms with Gasteiger partial charge in [0.05, 0.1) is 27.8 Å². The summed E-state index contributed by atoms with van der Waals surface area (Å²) in [5.41, 5.74) is 7.37. The molecule has 0 unspecified atom stereocenters. The summed E-state index contributed by atoms with van der Waals surface area (Å²) in [4.78, 5) is 14.5. The summed E-state index contributed by atoms with van der Waals surface area (Å²) in [6.07, 6.45) is 0. The highest BCUT2D eigenvalue weighted by atomic mass is 32.1. The van der Waals surface area contributed by atoms with Gasteiger partial charge in [0.25, 0.3) is 0 Å². The Hall–Kier alpha value is -5.52. The van der Waals surface area contributed by atoms with E-state index in [4.69, 9.17) is 9.97 Å². The number of aromatic nitrogens is 4. The molecule has 0 aliphatic rings. The highest BCUT2D eigenvalue weighted by Gasteiger charge is 2.22. The van der Waals surface area contributed by atoms with Crippen molar-refractivity contribution < 1.29 is 0 Å². The maximum Gasteiger partial charge on any atom is 0.235 e. The molecule has 0 amide bonds. The smallest absolute Gasteiger partial charge is 0.235 e. The van der Waals surface area contributed by atoms with Crippen molar-refractivity contribution in [3.05, 3.63) is 127 Å². The molecule has 1 N–H and O–H groups in total. The second kappa shape index (κ2) is 8.51. The van der Waals surface area contributed by atoms with Gasteiger partial charge in [-0.25, -0.2) is 9.97 Å². The lowest BCUT2D eigenvalue weighted by Gasteiger charge is -2.13. The summed E-state index contributed by atoms with van der Waals surface area (Å²) in [6, 6.07) is 45.1. The van der Waals surface area contributed by atoms with Gasteiger partial charge in [-0.15, -0.1) is 11.3 Å². The average molecular weight is 567 g/mol.